The smallest absolute Gasteiger partial charge is 0.408 e. The first kappa shape index (κ1) is 22.7. The van der Waals surface area contributed by atoms with Gasteiger partial charge >= 0.3 is 6.09 Å². The lowest BCUT2D eigenvalue weighted by Crippen LogP contribution is -2.51. The van der Waals surface area contributed by atoms with Crippen molar-refractivity contribution in [3.05, 3.63) is 108 Å². The Balaban J connectivity index is 1.64. The fourth-order valence-corrected chi connectivity index (χ4v) is 3.21. The van der Waals surface area contributed by atoms with E-state index >= 15 is 0 Å². The van der Waals surface area contributed by atoms with Crippen LogP contribution in [-0.4, -0.2) is 30.4 Å². The minimum atomic E-state index is -0.910. The van der Waals surface area contributed by atoms with Crippen LogP contribution in [0.1, 0.15) is 16.7 Å². The molecule has 3 aromatic carbocycles. The van der Waals surface area contributed by atoms with E-state index in [0.717, 1.165) is 16.7 Å². The second-order valence-corrected chi connectivity index (χ2v) is 7.32. The Morgan fingerprint density at radius 3 is 1.75 bits per heavy atom. The van der Waals surface area contributed by atoms with Crippen molar-refractivity contribution < 1.29 is 19.1 Å². The van der Waals surface area contributed by atoms with Gasteiger partial charge in [0.1, 0.15) is 12.6 Å². The van der Waals surface area contributed by atoms with E-state index in [2.05, 4.69) is 10.6 Å². The molecule has 2 unspecified atom stereocenters. The molecule has 0 saturated heterocycles. The van der Waals surface area contributed by atoms with Gasteiger partial charge in [-0.2, -0.15) is 0 Å². The fraction of sp³-hybridized carbons (Fsp3) is 0.192. The average Bonchev–Trinajstić information content (AvgIpc) is 2.84. The van der Waals surface area contributed by atoms with Gasteiger partial charge in [0.25, 0.3) is 0 Å². The van der Waals surface area contributed by atoms with Crippen LogP contribution in [0, 0.1) is 0 Å². The van der Waals surface area contributed by atoms with Crippen LogP contribution in [0.4, 0.5) is 4.79 Å². The average molecular weight is 429 g/mol. The third-order valence-corrected chi connectivity index (χ3v) is 4.85. The molecule has 2 amide bonds. The number of hydrogen-bond donors (Lipinski definition) is 2. The van der Waals surface area contributed by atoms with E-state index in [4.69, 9.17) is 4.74 Å². The Kier molecular flexibility index (Phi) is 8.57. The molecule has 3 aromatic rings. The zero-order valence-electron chi connectivity index (χ0n) is 17.6. The van der Waals surface area contributed by atoms with Crippen molar-refractivity contribution in [2.75, 3.05) is 0 Å². The van der Waals surface area contributed by atoms with Gasteiger partial charge in [-0.3, -0.25) is 9.59 Å². The fourth-order valence-electron chi connectivity index (χ4n) is 3.21. The van der Waals surface area contributed by atoms with Crippen LogP contribution in [-0.2, 0) is 33.8 Å². The van der Waals surface area contributed by atoms with Crippen molar-refractivity contribution in [3.63, 3.8) is 0 Å². The van der Waals surface area contributed by atoms with Gasteiger partial charge in [0.15, 0.2) is 0 Å². The Hall–Kier alpha value is -3.93. The number of hydrogen-bond acceptors (Lipinski definition) is 4. The SMILES string of the molecule is O=[C]C(Cc1ccccc1)NC(=O)C(Cc1ccccc1)NC(=O)OCc1ccccc1. The second kappa shape index (κ2) is 12.1. The molecule has 0 aliphatic rings. The topological polar surface area (TPSA) is 84.5 Å². The van der Waals surface area contributed by atoms with E-state index in [9.17, 15) is 14.4 Å². The first-order chi connectivity index (χ1) is 15.6. The highest BCUT2D eigenvalue weighted by Gasteiger charge is 2.24. The van der Waals surface area contributed by atoms with Crippen molar-refractivity contribution >= 4 is 18.3 Å². The molecular formula is C26H25N2O4. The summed E-state index contributed by atoms with van der Waals surface area (Å²) in [6.45, 7) is 0.0884. The zero-order chi connectivity index (χ0) is 22.6. The number of amides is 2. The van der Waals surface area contributed by atoms with Crippen molar-refractivity contribution in [1.29, 1.82) is 0 Å². The van der Waals surface area contributed by atoms with E-state index in [1.807, 2.05) is 97.3 Å². The van der Waals surface area contributed by atoms with Crippen molar-refractivity contribution in [2.24, 2.45) is 0 Å². The Morgan fingerprint density at radius 1 is 0.719 bits per heavy atom. The number of carbonyl (C=O) groups is 2. The summed E-state index contributed by atoms with van der Waals surface area (Å²) in [6.07, 6.45) is 1.73. The third-order valence-electron chi connectivity index (χ3n) is 4.85. The predicted molar refractivity (Wildman–Crippen MR) is 121 cm³/mol. The Labute approximate surface area is 187 Å². The second-order valence-electron chi connectivity index (χ2n) is 7.32. The lowest BCUT2D eigenvalue weighted by Gasteiger charge is -2.21. The number of rotatable bonds is 10. The van der Waals surface area contributed by atoms with Crippen molar-refractivity contribution in [3.8, 4) is 0 Å². The quantitative estimate of drug-likeness (QED) is 0.518. The van der Waals surface area contributed by atoms with Crippen LogP contribution in [0.25, 0.3) is 0 Å². The predicted octanol–water partition coefficient (Wildman–Crippen LogP) is 3.36. The van der Waals surface area contributed by atoms with Gasteiger partial charge in [-0.15, -0.1) is 0 Å². The number of nitrogens with one attached hydrogen (secondary N) is 2. The lowest BCUT2D eigenvalue weighted by atomic mass is 10.0. The normalized spacial score (nSPS) is 12.2. The molecule has 0 spiro atoms. The van der Waals surface area contributed by atoms with E-state index in [-0.39, 0.29) is 13.0 Å². The Bertz CT molecular complexity index is 994. The molecule has 163 valence electrons. The van der Waals surface area contributed by atoms with Gasteiger partial charge < -0.3 is 15.4 Å². The molecule has 2 N–H and O–H groups in total. The molecule has 3 rings (SSSR count). The van der Waals surface area contributed by atoms with Gasteiger partial charge in [0.2, 0.25) is 12.2 Å². The van der Waals surface area contributed by atoms with Gasteiger partial charge in [-0.05, 0) is 16.7 Å². The summed E-state index contributed by atoms with van der Waals surface area (Å²) in [7, 11) is 0. The first-order valence-electron chi connectivity index (χ1n) is 10.4. The molecule has 0 bridgehead atoms. The van der Waals surface area contributed by atoms with E-state index in [1.165, 1.54) is 0 Å². The summed E-state index contributed by atoms with van der Waals surface area (Å²) in [6, 6.07) is 26.2. The van der Waals surface area contributed by atoms with E-state index in [0.29, 0.717) is 6.42 Å². The number of carbonyl (C=O) groups excluding carboxylic acids is 3. The molecule has 0 saturated carbocycles. The molecule has 0 aromatic heterocycles. The largest absolute Gasteiger partial charge is 0.445 e. The van der Waals surface area contributed by atoms with E-state index in [1.54, 1.807) is 0 Å². The molecule has 1 radical (unpaired) electrons. The highest BCUT2D eigenvalue weighted by atomic mass is 16.5. The summed E-state index contributed by atoms with van der Waals surface area (Å²) in [5.74, 6) is -0.477. The van der Waals surface area contributed by atoms with Crippen LogP contribution >= 0.6 is 0 Å². The van der Waals surface area contributed by atoms with Gasteiger partial charge in [-0.25, -0.2) is 4.79 Å². The van der Waals surface area contributed by atoms with Crippen LogP contribution in [0.3, 0.4) is 0 Å². The van der Waals surface area contributed by atoms with Crippen LogP contribution in [0.15, 0.2) is 91.0 Å². The summed E-state index contributed by atoms with van der Waals surface area (Å²) < 4.78 is 5.27. The minimum Gasteiger partial charge on any atom is -0.445 e. The van der Waals surface area contributed by atoms with Crippen LogP contribution < -0.4 is 10.6 Å². The number of ether oxygens (including phenoxy) is 1. The molecule has 0 aliphatic heterocycles. The summed E-state index contributed by atoms with van der Waals surface area (Å²) in [4.78, 5) is 36.8. The van der Waals surface area contributed by atoms with Crippen LogP contribution in [0.2, 0.25) is 0 Å². The molecule has 32 heavy (non-hydrogen) atoms. The maximum Gasteiger partial charge on any atom is 0.408 e. The number of alkyl carbamates (subject to hydrolysis) is 1. The molecular weight excluding hydrogens is 404 g/mol. The standard InChI is InChI=1S/C26H25N2O4/c29-18-23(16-20-10-4-1-5-11-20)27-25(30)24(17-21-12-6-2-7-13-21)28-26(31)32-19-22-14-8-3-9-15-22/h1-15,23-24H,16-17,19H2,(H,27,30)(H,28,31). The number of benzene rings is 3. The summed E-state index contributed by atoms with van der Waals surface area (Å²) in [5.41, 5.74) is 2.60. The highest BCUT2D eigenvalue weighted by molar-refractivity contribution is 5.88. The molecule has 0 heterocycles. The first-order valence-corrected chi connectivity index (χ1v) is 10.4. The maximum atomic E-state index is 13.0. The van der Waals surface area contributed by atoms with E-state index < -0.39 is 24.1 Å². The zero-order valence-corrected chi connectivity index (χ0v) is 17.6. The molecule has 6 heteroatoms. The van der Waals surface area contributed by atoms with Gasteiger partial charge in [0.05, 0.1) is 6.04 Å². The molecule has 2 atom stereocenters. The molecule has 0 aliphatic carbocycles. The third kappa shape index (κ3) is 7.40. The Morgan fingerprint density at radius 2 is 1.22 bits per heavy atom. The summed E-state index contributed by atoms with van der Waals surface area (Å²) >= 11 is 0. The highest BCUT2D eigenvalue weighted by Crippen LogP contribution is 2.07. The van der Waals surface area contributed by atoms with Gasteiger partial charge in [0, 0.05) is 12.8 Å². The maximum absolute atomic E-state index is 13.0. The molecule has 0 fully saturated rings. The molecule has 6 nitrogen and oxygen atoms in total. The monoisotopic (exact) mass is 429 g/mol. The van der Waals surface area contributed by atoms with Crippen molar-refractivity contribution in [2.45, 2.75) is 31.5 Å². The summed E-state index contributed by atoms with van der Waals surface area (Å²) in [5, 5.41) is 5.31. The lowest BCUT2D eigenvalue weighted by molar-refractivity contribution is -0.123. The van der Waals surface area contributed by atoms with Gasteiger partial charge in [-0.1, -0.05) is 91.0 Å². The minimum absolute atomic E-state index is 0.0884. The van der Waals surface area contributed by atoms with Crippen LogP contribution in [0.5, 0.6) is 0 Å². The van der Waals surface area contributed by atoms with Crippen molar-refractivity contribution in [1.82, 2.24) is 10.6 Å².